The van der Waals surface area contributed by atoms with Gasteiger partial charge in [0, 0.05) is 11.4 Å². The summed E-state index contributed by atoms with van der Waals surface area (Å²) in [7, 11) is 0. The van der Waals surface area contributed by atoms with Crippen LogP contribution in [0.5, 0.6) is 0 Å². The van der Waals surface area contributed by atoms with Crippen LogP contribution in [0.15, 0.2) is 12.1 Å². The van der Waals surface area contributed by atoms with E-state index in [0.29, 0.717) is 9.75 Å². The molecule has 1 aromatic rings. The van der Waals surface area contributed by atoms with E-state index in [-0.39, 0.29) is 18.7 Å². The van der Waals surface area contributed by atoms with Crippen LogP contribution >= 0.6 is 11.3 Å². The monoisotopic (exact) mass is 329 g/mol. The number of carbonyl (C=O) groups is 2. The molecule has 0 bridgehead atoms. The summed E-state index contributed by atoms with van der Waals surface area (Å²) < 4.78 is 5.06. The largest absolute Gasteiger partial charge is 0.444 e. The summed E-state index contributed by atoms with van der Waals surface area (Å²) in [5.74, 6) is -0.0791. The van der Waals surface area contributed by atoms with Crippen LogP contribution in [0.3, 0.4) is 0 Å². The number of alkyl carbamates (subject to hydrolysis) is 1. The van der Waals surface area contributed by atoms with E-state index in [1.807, 2.05) is 0 Å². The molecule has 0 aliphatic carbocycles. The summed E-state index contributed by atoms with van der Waals surface area (Å²) >= 11 is 1.15. The zero-order chi connectivity index (χ0) is 16.9. The molecule has 0 saturated heterocycles. The molecule has 6 nitrogen and oxygen atoms in total. The second-order valence-corrected chi connectivity index (χ2v) is 7.10. The number of ether oxygens (including phenoxy) is 1. The predicted octanol–water partition coefficient (Wildman–Crippen LogP) is 2.26. The molecule has 2 unspecified atom stereocenters. The van der Waals surface area contributed by atoms with E-state index in [9.17, 15) is 19.8 Å². The van der Waals surface area contributed by atoms with E-state index < -0.39 is 23.9 Å². The second kappa shape index (κ2) is 7.71. The summed E-state index contributed by atoms with van der Waals surface area (Å²) in [5.41, 5.74) is -0.581. The summed E-state index contributed by atoms with van der Waals surface area (Å²) in [5, 5.41) is 22.5. The van der Waals surface area contributed by atoms with Crippen molar-refractivity contribution in [2.45, 2.75) is 51.9 Å². The zero-order valence-corrected chi connectivity index (χ0v) is 14.1. The third-order valence-corrected chi connectivity index (χ3v) is 3.99. The minimum absolute atomic E-state index is 0.0791. The normalized spacial score (nSPS) is 14.3. The summed E-state index contributed by atoms with van der Waals surface area (Å²) in [4.78, 5) is 23.7. The number of aliphatic hydroxyl groups is 2. The van der Waals surface area contributed by atoms with Gasteiger partial charge >= 0.3 is 6.09 Å². The van der Waals surface area contributed by atoms with Crippen molar-refractivity contribution >= 4 is 23.2 Å². The van der Waals surface area contributed by atoms with Gasteiger partial charge in [-0.25, -0.2) is 4.79 Å². The lowest BCUT2D eigenvalue weighted by atomic mass is 10.1. The Balaban J connectivity index is 2.42. The Hall–Kier alpha value is -1.44. The van der Waals surface area contributed by atoms with Gasteiger partial charge < -0.3 is 20.3 Å². The smallest absolute Gasteiger partial charge is 0.407 e. The highest BCUT2D eigenvalue weighted by molar-refractivity contribution is 7.14. The molecule has 0 spiro atoms. The van der Waals surface area contributed by atoms with Crippen LogP contribution in [0, 0.1) is 0 Å². The maximum absolute atomic E-state index is 11.4. The van der Waals surface area contributed by atoms with Crippen LogP contribution in [0.4, 0.5) is 4.79 Å². The van der Waals surface area contributed by atoms with Gasteiger partial charge in [-0.05, 0) is 46.2 Å². The number of amides is 1. The van der Waals surface area contributed by atoms with Crippen molar-refractivity contribution in [3.05, 3.63) is 21.9 Å². The van der Waals surface area contributed by atoms with Crippen molar-refractivity contribution in [2.24, 2.45) is 0 Å². The number of Topliss-reactive ketones (excluding diaryl/α,β-unsaturated/α-hetero) is 1. The average molecular weight is 329 g/mol. The van der Waals surface area contributed by atoms with Crippen LogP contribution < -0.4 is 5.32 Å². The SMILES string of the molecule is CC(=O)c1ccc(C(O)C(O)CCNC(=O)OC(C)(C)C)s1. The van der Waals surface area contributed by atoms with Gasteiger partial charge in [-0.3, -0.25) is 4.79 Å². The Morgan fingerprint density at radius 1 is 1.32 bits per heavy atom. The molecule has 124 valence electrons. The molecule has 7 heteroatoms. The fourth-order valence-corrected chi connectivity index (χ4v) is 2.63. The topological polar surface area (TPSA) is 95.9 Å². The molecule has 0 radical (unpaired) electrons. The van der Waals surface area contributed by atoms with E-state index >= 15 is 0 Å². The number of rotatable bonds is 6. The molecule has 1 aromatic heterocycles. The van der Waals surface area contributed by atoms with Crippen LogP contribution in [0.1, 0.15) is 54.8 Å². The number of hydrogen-bond donors (Lipinski definition) is 3. The molecule has 22 heavy (non-hydrogen) atoms. The van der Waals surface area contributed by atoms with Crippen molar-refractivity contribution in [3.63, 3.8) is 0 Å². The van der Waals surface area contributed by atoms with Gasteiger partial charge in [0.05, 0.1) is 11.0 Å². The number of ketones is 1. The second-order valence-electron chi connectivity index (χ2n) is 5.99. The highest BCUT2D eigenvalue weighted by atomic mass is 32.1. The quantitative estimate of drug-likeness (QED) is 0.696. The minimum atomic E-state index is -1.08. The highest BCUT2D eigenvalue weighted by Crippen LogP contribution is 2.26. The van der Waals surface area contributed by atoms with Gasteiger partial charge in [-0.15, -0.1) is 11.3 Å². The van der Waals surface area contributed by atoms with Gasteiger partial charge in [0.15, 0.2) is 5.78 Å². The van der Waals surface area contributed by atoms with Crippen LogP contribution in [-0.2, 0) is 4.74 Å². The average Bonchev–Trinajstić information content (AvgIpc) is 2.85. The van der Waals surface area contributed by atoms with Crippen LogP contribution in [-0.4, -0.2) is 40.3 Å². The number of thiophene rings is 1. The lowest BCUT2D eigenvalue weighted by Crippen LogP contribution is -2.34. The number of hydrogen-bond acceptors (Lipinski definition) is 6. The molecule has 0 aliphatic heterocycles. The van der Waals surface area contributed by atoms with Crippen molar-refractivity contribution in [2.75, 3.05) is 6.54 Å². The third-order valence-electron chi connectivity index (χ3n) is 2.74. The molecule has 0 aliphatic rings. The standard InChI is InChI=1S/C15H23NO5S/c1-9(17)11-5-6-12(22-11)13(19)10(18)7-8-16-14(20)21-15(2,3)4/h5-6,10,13,18-19H,7-8H2,1-4H3,(H,16,20). The molecule has 0 saturated carbocycles. The maximum Gasteiger partial charge on any atom is 0.407 e. The van der Waals surface area contributed by atoms with Gasteiger partial charge in [-0.2, -0.15) is 0 Å². The van der Waals surface area contributed by atoms with E-state index in [0.717, 1.165) is 11.3 Å². The van der Waals surface area contributed by atoms with Crippen molar-refractivity contribution in [1.29, 1.82) is 0 Å². The van der Waals surface area contributed by atoms with Crippen LogP contribution in [0.2, 0.25) is 0 Å². The molecule has 1 amide bonds. The first-order valence-corrected chi connectivity index (χ1v) is 7.85. The number of aliphatic hydroxyl groups excluding tert-OH is 2. The Labute approximate surface area is 134 Å². The molecule has 1 heterocycles. The fourth-order valence-electron chi connectivity index (χ4n) is 1.68. The van der Waals surface area contributed by atoms with Crippen molar-refractivity contribution in [3.8, 4) is 0 Å². The van der Waals surface area contributed by atoms with Gasteiger partial charge in [0.1, 0.15) is 11.7 Å². The van der Waals surface area contributed by atoms with Crippen LogP contribution in [0.25, 0.3) is 0 Å². The van der Waals surface area contributed by atoms with E-state index in [1.165, 1.54) is 6.92 Å². The van der Waals surface area contributed by atoms with E-state index in [1.54, 1.807) is 32.9 Å². The van der Waals surface area contributed by atoms with Gasteiger partial charge in [0.25, 0.3) is 0 Å². The molecular weight excluding hydrogens is 306 g/mol. The Morgan fingerprint density at radius 2 is 1.95 bits per heavy atom. The maximum atomic E-state index is 11.4. The lowest BCUT2D eigenvalue weighted by Gasteiger charge is -2.20. The molecule has 3 N–H and O–H groups in total. The predicted molar refractivity (Wildman–Crippen MR) is 84.1 cm³/mol. The lowest BCUT2D eigenvalue weighted by molar-refractivity contribution is 0.0143. The Bertz CT molecular complexity index is 520. The van der Waals surface area contributed by atoms with E-state index in [4.69, 9.17) is 4.74 Å². The molecule has 1 rings (SSSR count). The summed E-state index contributed by atoms with van der Waals surface area (Å²) in [6.07, 6.45) is -2.51. The summed E-state index contributed by atoms with van der Waals surface area (Å²) in [6, 6.07) is 3.24. The first-order chi connectivity index (χ1) is 10.1. The first-order valence-electron chi connectivity index (χ1n) is 7.04. The molecule has 0 aromatic carbocycles. The van der Waals surface area contributed by atoms with Crippen molar-refractivity contribution in [1.82, 2.24) is 5.32 Å². The Kier molecular flexibility index (Phi) is 6.52. The zero-order valence-electron chi connectivity index (χ0n) is 13.3. The third kappa shape index (κ3) is 6.13. The Morgan fingerprint density at radius 3 is 2.45 bits per heavy atom. The number of nitrogens with one attached hydrogen (secondary N) is 1. The number of carbonyl (C=O) groups excluding carboxylic acids is 2. The molecule has 0 fully saturated rings. The minimum Gasteiger partial charge on any atom is -0.444 e. The molecular formula is C15H23NO5S. The summed E-state index contributed by atoms with van der Waals surface area (Å²) in [6.45, 7) is 6.90. The first kappa shape index (κ1) is 18.6. The van der Waals surface area contributed by atoms with Crippen molar-refractivity contribution < 1.29 is 24.5 Å². The highest BCUT2D eigenvalue weighted by Gasteiger charge is 2.21. The van der Waals surface area contributed by atoms with Gasteiger partial charge in [0.2, 0.25) is 0 Å². The molecule has 2 atom stereocenters. The van der Waals surface area contributed by atoms with E-state index in [2.05, 4.69) is 5.32 Å². The van der Waals surface area contributed by atoms with Gasteiger partial charge in [-0.1, -0.05) is 0 Å². The fraction of sp³-hybridized carbons (Fsp3) is 0.600.